The van der Waals surface area contributed by atoms with Crippen LogP contribution in [0.3, 0.4) is 0 Å². The third kappa shape index (κ3) is 3.26. The lowest BCUT2D eigenvalue weighted by Gasteiger charge is -2.09. The summed E-state index contributed by atoms with van der Waals surface area (Å²) in [5.74, 6) is -2.53. The maximum atomic E-state index is 13.0. The first-order chi connectivity index (χ1) is 9.02. The van der Waals surface area contributed by atoms with E-state index >= 15 is 0 Å². The zero-order valence-corrected chi connectivity index (χ0v) is 11.2. The Labute approximate surface area is 113 Å². The minimum Gasteiger partial charge on any atom is -0.301 e. The van der Waals surface area contributed by atoms with E-state index in [4.69, 9.17) is 0 Å². The minimum atomic E-state index is -2.59. The second-order valence-corrected chi connectivity index (χ2v) is 6.45. The Morgan fingerprint density at radius 3 is 2.79 bits per heavy atom. The molecule has 0 bridgehead atoms. The Kier molecular flexibility index (Phi) is 3.24. The second kappa shape index (κ2) is 4.77. The van der Waals surface area contributed by atoms with Crippen molar-refractivity contribution in [2.24, 2.45) is 5.92 Å². The molecule has 19 heavy (non-hydrogen) atoms. The molecule has 1 amide bonds. The van der Waals surface area contributed by atoms with Gasteiger partial charge in [-0.2, -0.15) is 0 Å². The lowest BCUT2D eigenvalue weighted by atomic mass is 10.0. The van der Waals surface area contributed by atoms with E-state index in [1.54, 1.807) is 0 Å². The highest BCUT2D eigenvalue weighted by Gasteiger charge is 2.40. The predicted octanol–water partition coefficient (Wildman–Crippen LogP) is 3.18. The van der Waals surface area contributed by atoms with Crippen LogP contribution in [0.4, 0.5) is 13.9 Å². The summed E-state index contributed by atoms with van der Waals surface area (Å²) < 4.78 is 26.0. The molecule has 2 aliphatic carbocycles. The number of nitrogens with one attached hydrogen (secondary N) is 1. The molecule has 0 radical (unpaired) electrons. The molecule has 7 heteroatoms. The van der Waals surface area contributed by atoms with Crippen molar-refractivity contribution in [3.63, 3.8) is 0 Å². The topological polar surface area (TPSA) is 54.9 Å². The first-order valence-electron chi connectivity index (χ1n) is 6.53. The normalized spacial score (nSPS) is 25.5. The summed E-state index contributed by atoms with van der Waals surface area (Å²) in [6.45, 7) is 0. The van der Waals surface area contributed by atoms with E-state index < -0.39 is 5.92 Å². The van der Waals surface area contributed by atoms with E-state index in [0.29, 0.717) is 17.5 Å². The van der Waals surface area contributed by atoms with Gasteiger partial charge in [0.15, 0.2) is 0 Å². The van der Waals surface area contributed by atoms with Crippen molar-refractivity contribution in [1.82, 2.24) is 10.2 Å². The van der Waals surface area contributed by atoms with Gasteiger partial charge < -0.3 is 5.32 Å². The average Bonchev–Trinajstić information content (AvgIpc) is 2.98. The number of carbonyl (C=O) groups is 1. The Balaban J connectivity index is 1.50. The molecule has 2 fully saturated rings. The quantitative estimate of drug-likeness (QED) is 0.925. The molecule has 1 atom stereocenters. The molecule has 1 aromatic rings. The number of hydrogen-bond donors (Lipinski definition) is 1. The van der Waals surface area contributed by atoms with Crippen LogP contribution in [0.1, 0.15) is 49.5 Å². The van der Waals surface area contributed by atoms with Gasteiger partial charge >= 0.3 is 0 Å². The van der Waals surface area contributed by atoms with Crippen molar-refractivity contribution < 1.29 is 13.6 Å². The molecule has 2 aliphatic rings. The van der Waals surface area contributed by atoms with E-state index in [-0.39, 0.29) is 31.1 Å². The second-order valence-electron chi connectivity index (χ2n) is 5.44. The molecule has 0 aromatic carbocycles. The number of hydrogen-bond acceptors (Lipinski definition) is 4. The highest BCUT2D eigenvalue weighted by atomic mass is 32.1. The summed E-state index contributed by atoms with van der Waals surface area (Å²) in [4.78, 5) is 11.8. The van der Waals surface area contributed by atoms with Crippen molar-refractivity contribution in [2.75, 3.05) is 5.32 Å². The van der Waals surface area contributed by atoms with Crippen LogP contribution >= 0.6 is 11.3 Å². The number of anilines is 1. The SMILES string of the molecule is O=C(C[C@H]1CCC(F)(F)C1)Nc1nnc(C2CC2)s1. The number of alkyl halides is 2. The maximum absolute atomic E-state index is 13.0. The maximum Gasteiger partial charge on any atom is 0.248 e. The molecular formula is C12H15F2N3OS. The molecule has 104 valence electrons. The van der Waals surface area contributed by atoms with Crippen LogP contribution < -0.4 is 5.32 Å². The summed E-state index contributed by atoms with van der Waals surface area (Å²) in [5, 5.41) is 12.0. The highest BCUT2D eigenvalue weighted by Crippen LogP contribution is 2.42. The van der Waals surface area contributed by atoms with E-state index in [0.717, 1.165) is 17.8 Å². The number of carbonyl (C=O) groups excluding carboxylic acids is 1. The van der Waals surface area contributed by atoms with Gasteiger partial charge in [-0.3, -0.25) is 4.79 Å². The van der Waals surface area contributed by atoms with Crippen molar-refractivity contribution >= 4 is 22.4 Å². The number of amides is 1. The highest BCUT2D eigenvalue weighted by molar-refractivity contribution is 7.15. The van der Waals surface area contributed by atoms with Gasteiger partial charge in [-0.05, 0) is 25.2 Å². The zero-order chi connectivity index (χ0) is 13.5. The van der Waals surface area contributed by atoms with Gasteiger partial charge in [0.25, 0.3) is 0 Å². The molecule has 0 aliphatic heterocycles. The molecule has 4 nitrogen and oxygen atoms in total. The van der Waals surface area contributed by atoms with Crippen LogP contribution in [0, 0.1) is 5.92 Å². The predicted molar refractivity (Wildman–Crippen MR) is 67.4 cm³/mol. The van der Waals surface area contributed by atoms with E-state index in [9.17, 15) is 13.6 Å². The molecule has 1 heterocycles. The lowest BCUT2D eigenvalue weighted by Crippen LogP contribution is -2.16. The molecular weight excluding hydrogens is 272 g/mol. The summed E-state index contributed by atoms with van der Waals surface area (Å²) in [6.07, 6.45) is 2.57. The monoisotopic (exact) mass is 287 g/mol. The number of rotatable bonds is 4. The number of halogens is 2. The van der Waals surface area contributed by atoms with Crippen LogP contribution in [0.5, 0.6) is 0 Å². The van der Waals surface area contributed by atoms with Gasteiger partial charge in [0.05, 0.1) is 0 Å². The fourth-order valence-corrected chi connectivity index (χ4v) is 3.36. The molecule has 0 saturated heterocycles. The minimum absolute atomic E-state index is 0.102. The summed E-state index contributed by atoms with van der Waals surface area (Å²) in [6, 6.07) is 0. The molecule has 3 rings (SSSR count). The van der Waals surface area contributed by atoms with Gasteiger partial charge in [-0.25, -0.2) is 8.78 Å². The van der Waals surface area contributed by atoms with E-state index in [1.807, 2.05) is 0 Å². The van der Waals surface area contributed by atoms with Gasteiger partial charge in [-0.15, -0.1) is 10.2 Å². The van der Waals surface area contributed by atoms with Gasteiger partial charge in [0.1, 0.15) is 5.01 Å². The average molecular weight is 287 g/mol. The molecule has 2 saturated carbocycles. The zero-order valence-electron chi connectivity index (χ0n) is 10.4. The Morgan fingerprint density at radius 2 is 2.16 bits per heavy atom. The van der Waals surface area contributed by atoms with Gasteiger partial charge in [-0.1, -0.05) is 11.3 Å². The van der Waals surface area contributed by atoms with Gasteiger partial charge in [0, 0.05) is 25.2 Å². The fraction of sp³-hybridized carbons (Fsp3) is 0.750. The summed E-state index contributed by atoms with van der Waals surface area (Å²) in [7, 11) is 0. The molecule has 1 aromatic heterocycles. The third-order valence-electron chi connectivity index (χ3n) is 3.59. The number of nitrogens with zero attached hydrogens (tertiary/aromatic N) is 2. The smallest absolute Gasteiger partial charge is 0.248 e. The Bertz CT molecular complexity index is 487. The van der Waals surface area contributed by atoms with Crippen LogP contribution in [0.25, 0.3) is 0 Å². The van der Waals surface area contributed by atoms with E-state index in [2.05, 4.69) is 15.5 Å². The standard InChI is InChI=1S/C12H15F2N3OS/c13-12(14)4-3-7(6-12)5-9(18)15-11-17-16-10(19-11)8-1-2-8/h7-8H,1-6H2,(H,15,17,18)/t7-/m1/s1. The van der Waals surface area contributed by atoms with Crippen LogP contribution in [-0.2, 0) is 4.79 Å². The molecule has 0 spiro atoms. The third-order valence-corrected chi connectivity index (χ3v) is 4.59. The lowest BCUT2D eigenvalue weighted by molar-refractivity contribution is -0.117. The van der Waals surface area contributed by atoms with Crippen molar-refractivity contribution in [3.8, 4) is 0 Å². The van der Waals surface area contributed by atoms with Crippen molar-refractivity contribution in [3.05, 3.63) is 5.01 Å². The summed E-state index contributed by atoms with van der Waals surface area (Å²) in [5.41, 5.74) is 0. The summed E-state index contributed by atoms with van der Waals surface area (Å²) >= 11 is 1.39. The Morgan fingerprint density at radius 1 is 1.37 bits per heavy atom. The number of aromatic nitrogens is 2. The van der Waals surface area contributed by atoms with Gasteiger partial charge in [0.2, 0.25) is 17.0 Å². The Hall–Kier alpha value is -1.11. The van der Waals surface area contributed by atoms with Crippen LogP contribution in [0.2, 0.25) is 0 Å². The molecule has 0 unspecified atom stereocenters. The first-order valence-corrected chi connectivity index (χ1v) is 7.34. The van der Waals surface area contributed by atoms with Crippen LogP contribution in [-0.4, -0.2) is 22.0 Å². The first kappa shape index (κ1) is 12.9. The van der Waals surface area contributed by atoms with Crippen molar-refractivity contribution in [2.45, 2.75) is 50.4 Å². The fourth-order valence-electron chi connectivity index (χ4n) is 2.43. The van der Waals surface area contributed by atoms with E-state index in [1.165, 1.54) is 11.3 Å². The van der Waals surface area contributed by atoms with Crippen LogP contribution in [0.15, 0.2) is 0 Å². The molecule has 1 N–H and O–H groups in total. The largest absolute Gasteiger partial charge is 0.301 e. The van der Waals surface area contributed by atoms with Crippen molar-refractivity contribution in [1.29, 1.82) is 0 Å².